The second kappa shape index (κ2) is 5.04. The molecule has 10 nitrogen and oxygen atoms in total. The van der Waals surface area contributed by atoms with E-state index in [4.69, 9.17) is 23.2 Å². The van der Waals surface area contributed by atoms with Gasteiger partial charge in [0, 0.05) is 0 Å². The van der Waals surface area contributed by atoms with Crippen molar-refractivity contribution in [2.24, 2.45) is 0 Å². The molecule has 24 heavy (non-hydrogen) atoms. The molecule has 2 rings (SSSR count). The summed E-state index contributed by atoms with van der Waals surface area (Å²) >= 11 is 11.0. The van der Waals surface area contributed by atoms with Crippen LogP contribution in [-0.4, -0.2) is 31.0 Å². The first-order valence-electron chi connectivity index (χ1n) is 5.61. The van der Waals surface area contributed by atoms with Gasteiger partial charge in [0.25, 0.3) is 0 Å². The van der Waals surface area contributed by atoms with E-state index in [0.717, 1.165) is 0 Å². The molecule has 0 aliphatic heterocycles. The van der Waals surface area contributed by atoms with E-state index in [9.17, 15) is 43.0 Å². The van der Waals surface area contributed by atoms with Gasteiger partial charge in [-0.15, -0.1) is 0 Å². The van der Waals surface area contributed by atoms with Gasteiger partial charge in [-0.05, 0) is 29.3 Å². The molecule has 0 fully saturated rings. The van der Waals surface area contributed by atoms with Gasteiger partial charge in [-0.2, -0.15) is 13.2 Å². The topological polar surface area (TPSA) is 152 Å². The third-order valence-electron chi connectivity index (χ3n) is 3.19. The van der Waals surface area contributed by atoms with Crippen molar-refractivity contribution in [3.05, 3.63) is 57.9 Å². The molecule has 0 amide bonds. The molecule has 0 radical (unpaired) electrons. The first kappa shape index (κ1) is 17.9. The van der Waals surface area contributed by atoms with Crippen LogP contribution in [0.1, 0.15) is 11.4 Å². The molecule has 1 aromatic rings. The number of nitrogens with zero attached hydrogens (tertiary/aromatic N) is 2. The lowest BCUT2D eigenvalue weighted by molar-refractivity contribution is -0.648. The number of rotatable bonds is 2. The Morgan fingerprint density at radius 1 is 1.00 bits per heavy atom. The summed E-state index contributed by atoms with van der Waals surface area (Å²) in [7, 11) is 0. The Kier molecular flexibility index (Phi) is 3.77. The Balaban J connectivity index is 3.09. The van der Waals surface area contributed by atoms with Crippen LogP contribution >= 0.6 is 23.2 Å². The van der Waals surface area contributed by atoms with Gasteiger partial charge in [0.15, 0.2) is 0 Å². The standard InChI is InChI=1S/C9H3Cl2F3N4O6/c10-7(17(21)22)3(9(12,13)14)1-2-4(8(7,11)18(23)24)16-6(20)5(19)15-2/h1H,(H,15,19)(H,16,20). The quantitative estimate of drug-likeness (QED) is 0.251. The number of nitro groups is 2. The molecule has 0 saturated carbocycles. The van der Waals surface area contributed by atoms with Gasteiger partial charge in [-0.1, -0.05) is 0 Å². The molecule has 1 heterocycles. The fourth-order valence-electron chi connectivity index (χ4n) is 2.13. The number of H-pyrrole nitrogens is 2. The maximum absolute atomic E-state index is 13.2. The van der Waals surface area contributed by atoms with Crippen LogP contribution in [0.2, 0.25) is 0 Å². The highest BCUT2D eigenvalue weighted by Gasteiger charge is 2.80. The zero-order chi connectivity index (χ0) is 18.7. The van der Waals surface area contributed by atoms with Crippen molar-refractivity contribution in [3.8, 4) is 0 Å². The monoisotopic (exact) mass is 390 g/mol. The summed E-state index contributed by atoms with van der Waals surface area (Å²) in [5.74, 6) is 0. The number of fused-ring (bicyclic) bond motifs is 1. The molecule has 130 valence electrons. The van der Waals surface area contributed by atoms with Crippen molar-refractivity contribution in [2.45, 2.75) is 16.2 Å². The van der Waals surface area contributed by atoms with Gasteiger partial charge >= 0.3 is 27.3 Å². The van der Waals surface area contributed by atoms with Crippen molar-refractivity contribution in [2.75, 3.05) is 0 Å². The highest BCUT2D eigenvalue weighted by molar-refractivity contribution is 6.35. The molecule has 1 aliphatic rings. The normalized spacial score (nSPS) is 26.5. The average molecular weight is 391 g/mol. The molecule has 15 heteroatoms. The first-order valence-corrected chi connectivity index (χ1v) is 6.36. The predicted molar refractivity (Wildman–Crippen MR) is 71.8 cm³/mol. The molecule has 2 unspecified atom stereocenters. The Morgan fingerprint density at radius 2 is 1.46 bits per heavy atom. The van der Waals surface area contributed by atoms with Gasteiger partial charge in [0.2, 0.25) is 0 Å². The number of hydrogen-bond donors (Lipinski definition) is 2. The first-order chi connectivity index (χ1) is 10.8. The summed E-state index contributed by atoms with van der Waals surface area (Å²) < 4.78 is 39.5. The van der Waals surface area contributed by atoms with Crippen LogP contribution < -0.4 is 11.1 Å². The molecular formula is C9H3Cl2F3N4O6. The fraction of sp³-hybridized carbons (Fsp3) is 0.333. The molecule has 0 aromatic carbocycles. The maximum Gasteiger partial charge on any atom is 0.424 e. The van der Waals surface area contributed by atoms with Crippen LogP contribution in [0.4, 0.5) is 13.2 Å². The minimum atomic E-state index is -5.50. The molecule has 0 saturated heterocycles. The Bertz CT molecular complexity index is 908. The van der Waals surface area contributed by atoms with Crippen molar-refractivity contribution in [3.63, 3.8) is 0 Å². The highest BCUT2D eigenvalue weighted by atomic mass is 35.5. The van der Waals surface area contributed by atoms with Gasteiger partial charge in [0.1, 0.15) is 11.3 Å². The van der Waals surface area contributed by atoms with E-state index >= 15 is 0 Å². The van der Waals surface area contributed by atoms with Crippen molar-refractivity contribution in [1.82, 2.24) is 9.97 Å². The van der Waals surface area contributed by atoms with Crippen LogP contribution in [-0.2, 0) is 5.00 Å². The van der Waals surface area contributed by atoms with Crippen molar-refractivity contribution >= 4 is 29.3 Å². The van der Waals surface area contributed by atoms with Crippen LogP contribution in [0.3, 0.4) is 0 Å². The van der Waals surface area contributed by atoms with Crippen LogP contribution in [0.5, 0.6) is 0 Å². The van der Waals surface area contributed by atoms with E-state index in [0.29, 0.717) is 0 Å². The molecule has 0 bridgehead atoms. The van der Waals surface area contributed by atoms with E-state index in [2.05, 4.69) is 0 Å². The van der Waals surface area contributed by atoms with E-state index < -0.39 is 54.1 Å². The summed E-state index contributed by atoms with van der Waals surface area (Å²) in [4.78, 5) is 37.1. The van der Waals surface area contributed by atoms with Crippen LogP contribution in [0, 0.1) is 20.2 Å². The number of hydrogen-bond acceptors (Lipinski definition) is 6. The molecule has 1 aromatic heterocycles. The van der Waals surface area contributed by atoms with Crippen LogP contribution in [0.15, 0.2) is 15.2 Å². The smallest absolute Gasteiger partial charge is 0.316 e. The Hall–Kier alpha value is -2.41. The van der Waals surface area contributed by atoms with Crippen molar-refractivity contribution in [1.29, 1.82) is 0 Å². The zero-order valence-corrected chi connectivity index (χ0v) is 12.3. The summed E-state index contributed by atoms with van der Waals surface area (Å²) in [5, 5.41) is 22.5. The third kappa shape index (κ3) is 2.11. The highest BCUT2D eigenvalue weighted by Crippen LogP contribution is 2.56. The second-order valence-corrected chi connectivity index (χ2v) is 5.61. The van der Waals surface area contributed by atoms with E-state index in [1.54, 1.807) is 9.97 Å². The Labute approximate surface area is 137 Å². The average Bonchev–Trinajstić information content (AvgIpc) is 2.43. The van der Waals surface area contributed by atoms with Gasteiger partial charge in [-0.3, -0.25) is 29.8 Å². The minimum absolute atomic E-state index is 0.00655. The van der Waals surface area contributed by atoms with Gasteiger partial charge in [-0.25, -0.2) is 0 Å². The number of nitrogens with one attached hydrogen (secondary N) is 2. The zero-order valence-electron chi connectivity index (χ0n) is 10.8. The molecule has 0 spiro atoms. The number of aromatic amines is 2. The van der Waals surface area contributed by atoms with E-state index in [1.807, 2.05) is 0 Å². The van der Waals surface area contributed by atoms with E-state index in [-0.39, 0.29) is 6.08 Å². The van der Waals surface area contributed by atoms with Gasteiger partial charge in [0.05, 0.1) is 15.5 Å². The SMILES string of the molecule is O=c1[nH]c2c([nH]c1=O)C(Cl)([N+](=O)[O-])C(Cl)([N+](=O)[O-])C(C(F)(F)F)=C2. The number of halogens is 5. The molecule has 2 N–H and O–H groups in total. The summed E-state index contributed by atoms with van der Waals surface area (Å²) in [6.45, 7) is 0. The lowest BCUT2D eigenvalue weighted by Crippen LogP contribution is -2.60. The third-order valence-corrected chi connectivity index (χ3v) is 4.50. The molecule has 2 atom stereocenters. The lowest BCUT2D eigenvalue weighted by Gasteiger charge is -2.33. The summed E-state index contributed by atoms with van der Waals surface area (Å²) in [6, 6.07) is 0. The number of alkyl halides is 5. The summed E-state index contributed by atoms with van der Waals surface area (Å²) in [6.07, 6.45) is -5.50. The molecular weight excluding hydrogens is 388 g/mol. The summed E-state index contributed by atoms with van der Waals surface area (Å²) in [5.41, 5.74) is -7.25. The predicted octanol–water partition coefficient (Wildman–Crippen LogP) is 0.903. The van der Waals surface area contributed by atoms with Crippen LogP contribution in [0.25, 0.3) is 6.08 Å². The Morgan fingerprint density at radius 3 is 1.88 bits per heavy atom. The second-order valence-electron chi connectivity index (χ2n) is 4.51. The lowest BCUT2D eigenvalue weighted by atomic mass is 9.88. The minimum Gasteiger partial charge on any atom is -0.316 e. The largest absolute Gasteiger partial charge is 0.424 e. The molecule has 1 aliphatic carbocycles. The van der Waals surface area contributed by atoms with Gasteiger partial charge < -0.3 is 9.97 Å². The van der Waals surface area contributed by atoms with E-state index in [1.165, 1.54) is 0 Å². The number of aromatic nitrogens is 2. The fourth-order valence-corrected chi connectivity index (χ4v) is 2.78. The maximum atomic E-state index is 13.2. The van der Waals surface area contributed by atoms with Crippen molar-refractivity contribution < 1.29 is 23.0 Å².